The summed E-state index contributed by atoms with van der Waals surface area (Å²) in [5.74, 6) is 1.48. The molecule has 0 aromatic carbocycles. The first-order valence-electron chi connectivity index (χ1n) is 8.26. The minimum Gasteiger partial charge on any atom is -0.357 e. The highest BCUT2D eigenvalue weighted by molar-refractivity contribution is 5.57. The van der Waals surface area contributed by atoms with Crippen LogP contribution in [-0.2, 0) is 7.05 Å². The van der Waals surface area contributed by atoms with Crippen molar-refractivity contribution in [1.82, 2.24) is 24.5 Å². The van der Waals surface area contributed by atoms with Crippen molar-refractivity contribution in [2.75, 3.05) is 18.0 Å². The maximum atomic E-state index is 4.66. The monoisotopic (exact) mass is 320 g/mol. The van der Waals surface area contributed by atoms with Crippen LogP contribution in [0.3, 0.4) is 0 Å². The van der Waals surface area contributed by atoms with E-state index in [0.717, 1.165) is 48.8 Å². The van der Waals surface area contributed by atoms with E-state index in [1.807, 2.05) is 36.1 Å². The number of nitrogens with zero attached hydrogens (tertiary/aromatic N) is 6. The summed E-state index contributed by atoms with van der Waals surface area (Å²) in [7, 11) is 1.99. The topological polar surface area (TPSA) is 59.7 Å². The van der Waals surface area contributed by atoms with E-state index < -0.39 is 0 Å². The molecule has 6 nitrogen and oxygen atoms in total. The summed E-state index contributed by atoms with van der Waals surface area (Å²) < 4.78 is 2.00. The average molecular weight is 320 g/mol. The molecule has 0 atom stereocenters. The maximum absolute atomic E-state index is 4.66. The van der Waals surface area contributed by atoms with Gasteiger partial charge < -0.3 is 9.47 Å². The molecular formula is C18H20N6. The Kier molecular flexibility index (Phi) is 3.94. The zero-order chi connectivity index (χ0) is 16.4. The number of piperidine rings is 1. The largest absolute Gasteiger partial charge is 0.357 e. The molecule has 0 spiro atoms. The highest BCUT2D eigenvalue weighted by Crippen LogP contribution is 2.33. The van der Waals surface area contributed by atoms with Gasteiger partial charge in [0.1, 0.15) is 11.5 Å². The van der Waals surface area contributed by atoms with Gasteiger partial charge in [0.25, 0.3) is 0 Å². The lowest BCUT2D eigenvalue weighted by molar-refractivity contribution is 0.493. The van der Waals surface area contributed by atoms with E-state index in [2.05, 4.69) is 30.9 Å². The molecule has 3 aromatic rings. The Balaban J connectivity index is 1.56. The van der Waals surface area contributed by atoms with Gasteiger partial charge in [-0.1, -0.05) is 6.07 Å². The summed E-state index contributed by atoms with van der Waals surface area (Å²) in [6.45, 7) is 1.98. The number of rotatable bonds is 3. The van der Waals surface area contributed by atoms with Crippen LogP contribution in [0.5, 0.6) is 0 Å². The van der Waals surface area contributed by atoms with E-state index >= 15 is 0 Å². The smallest absolute Gasteiger partial charge is 0.128 e. The summed E-state index contributed by atoms with van der Waals surface area (Å²) in [5.41, 5.74) is 3.06. The summed E-state index contributed by atoms with van der Waals surface area (Å²) in [6.07, 6.45) is 11.2. The van der Waals surface area contributed by atoms with Gasteiger partial charge >= 0.3 is 0 Å². The van der Waals surface area contributed by atoms with Crippen LogP contribution in [0.25, 0.3) is 11.4 Å². The van der Waals surface area contributed by atoms with Crippen LogP contribution < -0.4 is 4.90 Å². The zero-order valence-electron chi connectivity index (χ0n) is 13.7. The van der Waals surface area contributed by atoms with Gasteiger partial charge in [-0.25, -0.2) is 9.97 Å². The molecule has 24 heavy (non-hydrogen) atoms. The first kappa shape index (κ1) is 14.8. The number of aromatic nitrogens is 5. The molecule has 4 rings (SSSR count). The van der Waals surface area contributed by atoms with Crippen LogP contribution in [0.1, 0.15) is 24.5 Å². The van der Waals surface area contributed by atoms with Crippen LogP contribution in [-0.4, -0.2) is 37.6 Å². The van der Waals surface area contributed by atoms with Crippen molar-refractivity contribution < 1.29 is 0 Å². The summed E-state index contributed by atoms with van der Waals surface area (Å²) >= 11 is 0. The quantitative estimate of drug-likeness (QED) is 0.742. The number of aryl methyl sites for hydroxylation is 1. The molecule has 1 aliphatic heterocycles. The van der Waals surface area contributed by atoms with E-state index in [9.17, 15) is 0 Å². The molecule has 0 bridgehead atoms. The molecule has 0 unspecified atom stereocenters. The highest BCUT2D eigenvalue weighted by Gasteiger charge is 2.25. The number of anilines is 1. The van der Waals surface area contributed by atoms with E-state index in [4.69, 9.17) is 0 Å². The Bertz CT molecular complexity index is 805. The molecule has 4 heterocycles. The van der Waals surface area contributed by atoms with Crippen LogP contribution >= 0.6 is 0 Å². The molecule has 0 N–H and O–H groups in total. The molecule has 0 aliphatic carbocycles. The van der Waals surface area contributed by atoms with E-state index in [-0.39, 0.29) is 0 Å². The Morgan fingerprint density at radius 2 is 1.83 bits per heavy atom. The second-order valence-electron chi connectivity index (χ2n) is 6.13. The first-order chi connectivity index (χ1) is 11.8. The lowest BCUT2D eigenvalue weighted by Crippen LogP contribution is -2.33. The molecule has 1 fully saturated rings. The van der Waals surface area contributed by atoms with Crippen LogP contribution in [0.4, 0.5) is 5.82 Å². The van der Waals surface area contributed by atoms with Crippen molar-refractivity contribution >= 4 is 5.82 Å². The van der Waals surface area contributed by atoms with Crippen molar-refractivity contribution in [2.45, 2.75) is 18.8 Å². The highest BCUT2D eigenvalue weighted by atomic mass is 15.2. The van der Waals surface area contributed by atoms with Gasteiger partial charge in [-0.05, 0) is 25.0 Å². The third kappa shape index (κ3) is 2.75. The van der Waals surface area contributed by atoms with E-state index in [1.165, 1.54) is 0 Å². The molecule has 3 aromatic heterocycles. The predicted octanol–water partition coefficient (Wildman–Crippen LogP) is 2.66. The second-order valence-corrected chi connectivity index (χ2v) is 6.13. The minimum atomic E-state index is 0.420. The van der Waals surface area contributed by atoms with Gasteiger partial charge in [-0.15, -0.1) is 0 Å². The van der Waals surface area contributed by atoms with Crippen molar-refractivity contribution in [3.63, 3.8) is 0 Å². The van der Waals surface area contributed by atoms with Crippen molar-refractivity contribution in [2.24, 2.45) is 7.05 Å². The Morgan fingerprint density at radius 3 is 2.54 bits per heavy atom. The number of pyridine rings is 1. The summed E-state index contributed by atoms with van der Waals surface area (Å²) in [5, 5.41) is 0. The minimum absolute atomic E-state index is 0.420. The average Bonchev–Trinajstić information content (AvgIpc) is 3.08. The summed E-state index contributed by atoms with van der Waals surface area (Å²) in [4.78, 5) is 20.3. The van der Waals surface area contributed by atoms with Crippen LogP contribution in [0.15, 0.2) is 49.3 Å². The van der Waals surface area contributed by atoms with E-state index in [0.29, 0.717) is 5.92 Å². The first-order valence-corrected chi connectivity index (χ1v) is 8.26. The van der Waals surface area contributed by atoms with Gasteiger partial charge in [0.2, 0.25) is 0 Å². The van der Waals surface area contributed by atoms with Gasteiger partial charge in [-0.2, -0.15) is 0 Å². The van der Waals surface area contributed by atoms with Gasteiger partial charge in [0, 0.05) is 44.6 Å². The standard InChI is InChI=1S/C18H20N6/c1-23-13-19-12-15(23)18-17(21-8-9-22-18)14-5-10-24(11-6-14)16-4-2-3-7-20-16/h2-4,7-9,12-14H,5-6,10-11H2,1H3. The molecule has 0 radical (unpaired) electrons. The number of hydrogen-bond acceptors (Lipinski definition) is 5. The van der Waals surface area contributed by atoms with Crippen LogP contribution in [0, 0.1) is 0 Å². The molecule has 1 saturated heterocycles. The van der Waals surface area contributed by atoms with Crippen molar-refractivity contribution in [1.29, 1.82) is 0 Å². The number of hydrogen-bond donors (Lipinski definition) is 0. The Labute approximate surface area is 141 Å². The molecule has 6 heteroatoms. The fourth-order valence-electron chi connectivity index (χ4n) is 3.35. The Morgan fingerprint density at radius 1 is 1.00 bits per heavy atom. The van der Waals surface area contributed by atoms with Gasteiger partial charge in [0.15, 0.2) is 0 Å². The van der Waals surface area contributed by atoms with E-state index in [1.54, 1.807) is 18.7 Å². The summed E-state index contributed by atoms with van der Waals surface area (Å²) in [6, 6.07) is 6.07. The fraction of sp³-hybridized carbons (Fsp3) is 0.333. The lowest BCUT2D eigenvalue weighted by Gasteiger charge is -2.32. The Hall–Kier alpha value is -2.76. The van der Waals surface area contributed by atoms with Crippen LogP contribution in [0.2, 0.25) is 0 Å². The molecule has 1 aliphatic rings. The normalized spacial score (nSPS) is 15.6. The molecular weight excluding hydrogens is 300 g/mol. The third-order valence-electron chi connectivity index (χ3n) is 4.64. The second kappa shape index (κ2) is 6.39. The SMILES string of the molecule is Cn1cncc1-c1nccnc1C1CCN(c2ccccn2)CC1. The van der Waals surface area contributed by atoms with Gasteiger partial charge in [-0.3, -0.25) is 9.97 Å². The molecule has 122 valence electrons. The predicted molar refractivity (Wildman–Crippen MR) is 92.7 cm³/mol. The fourth-order valence-corrected chi connectivity index (χ4v) is 3.35. The van der Waals surface area contributed by atoms with Crippen molar-refractivity contribution in [3.8, 4) is 11.4 Å². The van der Waals surface area contributed by atoms with Gasteiger partial charge in [0.05, 0.1) is 23.9 Å². The maximum Gasteiger partial charge on any atom is 0.128 e. The van der Waals surface area contributed by atoms with Crippen molar-refractivity contribution in [3.05, 3.63) is 55.0 Å². The lowest BCUT2D eigenvalue weighted by atomic mass is 9.91. The molecule has 0 amide bonds. The third-order valence-corrected chi connectivity index (χ3v) is 4.64. The molecule has 0 saturated carbocycles. The zero-order valence-corrected chi connectivity index (χ0v) is 13.7. The number of imidazole rings is 1.